The molecule has 1 aromatic heterocycles. The predicted molar refractivity (Wildman–Crippen MR) is 54.9 cm³/mol. The van der Waals surface area contributed by atoms with Crippen LogP contribution in [0.15, 0.2) is 6.07 Å². The molecule has 0 saturated heterocycles. The zero-order valence-electron chi connectivity index (χ0n) is 7.15. The number of halogens is 1. The van der Waals surface area contributed by atoms with Gasteiger partial charge in [-0.1, -0.05) is 27.3 Å². The molecular formula is C7H6BrNO4S. The first-order valence-electron chi connectivity index (χ1n) is 3.51. The zero-order chi connectivity index (χ0) is 10.7. The van der Waals surface area contributed by atoms with Crippen molar-refractivity contribution >= 4 is 38.2 Å². The van der Waals surface area contributed by atoms with E-state index in [4.69, 9.17) is 0 Å². The molecule has 0 aliphatic carbocycles. The highest BCUT2D eigenvalue weighted by atomic mass is 79.9. The van der Waals surface area contributed by atoms with Crippen molar-refractivity contribution in [3.8, 4) is 0 Å². The van der Waals surface area contributed by atoms with E-state index in [2.05, 4.69) is 20.7 Å². The number of rotatable bonds is 3. The summed E-state index contributed by atoms with van der Waals surface area (Å²) in [5.41, 5.74) is 0.577. The van der Waals surface area contributed by atoms with Crippen molar-refractivity contribution in [1.29, 1.82) is 0 Å². The second-order valence-electron chi connectivity index (χ2n) is 2.32. The van der Waals surface area contributed by atoms with E-state index in [-0.39, 0.29) is 9.88 Å². The maximum Gasteiger partial charge on any atom is 0.348 e. The van der Waals surface area contributed by atoms with E-state index in [0.29, 0.717) is 10.9 Å². The van der Waals surface area contributed by atoms with Crippen molar-refractivity contribution < 1.29 is 14.5 Å². The van der Waals surface area contributed by atoms with Gasteiger partial charge >= 0.3 is 11.0 Å². The molecule has 0 aliphatic rings. The van der Waals surface area contributed by atoms with Crippen LogP contribution < -0.4 is 0 Å². The van der Waals surface area contributed by atoms with Crippen LogP contribution in [0.1, 0.15) is 15.2 Å². The summed E-state index contributed by atoms with van der Waals surface area (Å²) in [6.45, 7) is 0. The van der Waals surface area contributed by atoms with E-state index >= 15 is 0 Å². The molecule has 1 heterocycles. The zero-order valence-corrected chi connectivity index (χ0v) is 9.55. The average molecular weight is 280 g/mol. The van der Waals surface area contributed by atoms with E-state index in [1.54, 1.807) is 0 Å². The predicted octanol–water partition coefficient (Wildman–Crippen LogP) is 2.34. The van der Waals surface area contributed by atoms with Crippen LogP contribution in [-0.4, -0.2) is 18.0 Å². The molecule has 0 spiro atoms. The van der Waals surface area contributed by atoms with Gasteiger partial charge in [-0.15, -0.1) is 0 Å². The summed E-state index contributed by atoms with van der Waals surface area (Å²) in [6, 6.07) is 1.37. The van der Waals surface area contributed by atoms with Gasteiger partial charge in [0, 0.05) is 11.4 Å². The molecule has 14 heavy (non-hydrogen) atoms. The minimum absolute atomic E-state index is 0.0557. The Morgan fingerprint density at radius 2 is 2.43 bits per heavy atom. The molecule has 0 bridgehead atoms. The summed E-state index contributed by atoms with van der Waals surface area (Å²) in [5.74, 6) is -0.544. The molecule has 0 aliphatic heterocycles. The lowest BCUT2D eigenvalue weighted by Crippen LogP contribution is -2.00. The largest absolute Gasteiger partial charge is 0.465 e. The smallest absolute Gasteiger partial charge is 0.348 e. The van der Waals surface area contributed by atoms with Crippen LogP contribution in [0, 0.1) is 10.1 Å². The van der Waals surface area contributed by atoms with Gasteiger partial charge in [0.05, 0.1) is 12.0 Å². The molecule has 1 aromatic rings. The Labute approximate surface area is 92.0 Å². The first-order chi connectivity index (χ1) is 6.60. The van der Waals surface area contributed by atoms with E-state index in [1.165, 1.54) is 13.2 Å². The van der Waals surface area contributed by atoms with E-state index in [1.807, 2.05) is 0 Å². The summed E-state index contributed by atoms with van der Waals surface area (Å²) >= 11 is 3.97. The molecule has 0 N–H and O–H groups in total. The Morgan fingerprint density at radius 1 is 1.79 bits per heavy atom. The van der Waals surface area contributed by atoms with Crippen LogP contribution in [0.4, 0.5) is 5.00 Å². The third-order valence-electron chi connectivity index (χ3n) is 1.49. The number of methoxy groups -OCH3 is 1. The summed E-state index contributed by atoms with van der Waals surface area (Å²) in [4.78, 5) is 21.4. The number of thiophene rings is 1. The highest BCUT2D eigenvalue weighted by Crippen LogP contribution is 2.30. The van der Waals surface area contributed by atoms with Crippen LogP contribution in [0.3, 0.4) is 0 Å². The Hall–Kier alpha value is -0.950. The van der Waals surface area contributed by atoms with Crippen molar-refractivity contribution in [2.75, 3.05) is 7.11 Å². The fourth-order valence-electron chi connectivity index (χ4n) is 0.869. The Morgan fingerprint density at radius 3 is 2.86 bits per heavy atom. The molecule has 0 amide bonds. The van der Waals surface area contributed by atoms with Crippen molar-refractivity contribution in [2.24, 2.45) is 0 Å². The number of hydrogen-bond acceptors (Lipinski definition) is 5. The van der Waals surface area contributed by atoms with Crippen molar-refractivity contribution in [3.05, 3.63) is 26.6 Å². The van der Waals surface area contributed by atoms with Gasteiger partial charge in [0.1, 0.15) is 4.88 Å². The van der Waals surface area contributed by atoms with Crippen LogP contribution in [0.25, 0.3) is 0 Å². The first kappa shape index (κ1) is 11.1. The van der Waals surface area contributed by atoms with Crippen molar-refractivity contribution in [3.63, 3.8) is 0 Å². The lowest BCUT2D eigenvalue weighted by molar-refractivity contribution is -0.380. The van der Waals surface area contributed by atoms with Gasteiger partial charge in [-0.2, -0.15) is 0 Å². The van der Waals surface area contributed by atoms with Crippen molar-refractivity contribution in [2.45, 2.75) is 5.33 Å². The minimum atomic E-state index is -0.544. The standard InChI is InChI=1S/C7H6BrNO4S/c1-13-7(10)6-4(3-8)2-5(14-6)9(11)12/h2H,3H2,1H3. The fourth-order valence-corrected chi connectivity index (χ4v) is 2.41. The molecular weight excluding hydrogens is 274 g/mol. The maximum absolute atomic E-state index is 11.2. The van der Waals surface area contributed by atoms with E-state index < -0.39 is 10.9 Å². The summed E-state index contributed by atoms with van der Waals surface area (Å²) in [6.07, 6.45) is 0. The Balaban J connectivity index is 3.15. The van der Waals surface area contributed by atoms with E-state index in [0.717, 1.165) is 11.3 Å². The number of carbonyl (C=O) groups excluding carboxylic acids is 1. The number of hydrogen-bond donors (Lipinski definition) is 0. The van der Waals surface area contributed by atoms with Gasteiger partial charge in [0.25, 0.3) is 0 Å². The molecule has 0 fully saturated rings. The SMILES string of the molecule is COC(=O)c1sc([N+](=O)[O-])cc1CBr. The number of nitrogens with zero attached hydrogens (tertiary/aromatic N) is 1. The van der Waals surface area contributed by atoms with Gasteiger partial charge in [-0.05, 0) is 5.56 Å². The van der Waals surface area contributed by atoms with Crippen LogP contribution in [0.2, 0.25) is 0 Å². The number of ether oxygens (including phenoxy) is 1. The lowest BCUT2D eigenvalue weighted by Gasteiger charge is -1.95. The number of esters is 1. The maximum atomic E-state index is 11.2. The first-order valence-corrected chi connectivity index (χ1v) is 5.45. The average Bonchev–Trinajstić information content (AvgIpc) is 2.60. The summed E-state index contributed by atoms with van der Waals surface area (Å²) in [5, 5.41) is 10.8. The molecule has 0 atom stereocenters. The quantitative estimate of drug-likeness (QED) is 0.369. The van der Waals surface area contributed by atoms with Crippen LogP contribution in [-0.2, 0) is 10.1 Å². The molecule has 76 valence electrons. The highest BCUT2D eigenvalue weighted by Gasteiger charge is 2.21. The molecule has 7 heteroatoms. The van der Waals surface area contributed by atoms with Gasteiger partial charge in [0.2, 0.25) is 0 Å². The Kier molecular flexibility index (Phi) is 3.59. The molecule has 0 unspecified atom stereocenters. The van der Waals surface area contributed by atoms with Gasteiger partial charge in [-0.3, -0.25) is 10.1 Å². The molecule has 1 rings (SSSR count). The molecule has 0 radical (unpaired) electrons. The third kappa shape index (κ3) is 2.10. The minimum Gasteiger partial charge on any atom is -0.465 e. The second kappa shape index (κ2) is 4.52. The van der Waals surface area contributed by atoms with Gasteiger partial charge in [-0.25, -0.2) is 4.79 Å². The topological polar surface area (TPSA) is 69.4 Å². The normalized spacial score (nSPS) is 9.86. The van der Waals surface area contributed by atoms with Crippen LogP contribution >= 0.6 is 27.3 Å². The molecule has 5 nitrogen and oxygen atoms in total. The lowest BCUT2D eigenvalue weighted by atomic mass is 10.3. The second-order valence-corrected chi connectivity index (χ2v) is 3.91. The monoisotopic (exact) mass is 279 g/mol. The van der Waals surface area contributed by atoms with Crippen molar-refractivity contribution in [1.82, 2.24) is 0 Å². The number of nitro groups is 1. The summed E-state index contributed by atoms with van der Waals surface area (Å²) in [7, 11) is 1.24. The highest BCUT2D eigenvalue weighted by molar-refractivity contribution is 9.08. The van der Waals surface area contributed by atoms with Gasteiger partial charge < -0.3 is 4.74 Å². The van der Waals surface area contributed by atoms with Crippen LogP contribution in [0.5, 0.6) is 0 Å². The van der Waals surface area contributed by atoms with Gasteiger partial charge in [0.15, 0.2) is 0 Å². The number of carbonyl (C=O) groups is 1. The Bertz CT molecular complexity index is 376. The molecule has 0 aromatic carbocycles. The number of alkyl halides is 1. The molecule has 0 saturated carbocycles. The summed E-state index contributed by atoms with van der Waals surface area (Å²) < 4.78 is 4.50. The fraction of sp³-hybridized carbons (Fsp3) is 0.286. The third-order valence-corrected chi connectivity index (χ3v) is 3.20. The van der Waals surface area contributed by atoms with E-state index in [9.17, 15) is 14.9 Å².